The van der Waals surface area contributed by atoms with Crippen molar-refractivity contribution in [1.29, 1.82) is 0 Å². The number of carbonyl (C=O) groups excluding carboxylic acids is 1. The van der Waals surface area contributed by atoms with Gasteiger partial charge in [0.2, 0.25) is 5.91 Å². The van der Waals surface area contributed by atoms with E-state index in [1.807, 2.05) is 23.1 Å². The molecule has 1 aliphatic rings. The molecule has 1 fully saturated rings. The van der Waals surface area contributed by atoms with Gasteiger partial charge in [0.15, 0.2) is 0 Å². The zero-order valence-corrected chi connectivity index (χ0v) is 11.9. The zero-order valence-electron chi connectivity index (χ0n) is 11.9. The monoisotopic (exact) mass is 260 g/mol. The first-order chi connectivity index (χ1) is 9.16. The largest absolute Gasteiger partial charge is 0.335 e. The van der Waals surface area contributed by atoms with E-state index in [2.05, 4.69) is 31.3 Å². The summed E-state index contributed by atoms with van der Waals surface area (Å²) < 4.78 is 0. The molecule has 0 unspecified atom stereocenters. The Morgan fingerprint density at radius 1 is 1.32 bits per heavy atom. The van der Waals surface area contributed by atoms with Crippen molar-refractivity contribution in [3.8, 4) is 0 Å². The fourth-order valence-corrected chi connectivity index (χ4v) is 2.15. The average molecular weight is 260 g/mol. The maximum absolute atomic E-state index is 12.3. The second kappa shape index (κ2) is 6.71. The predicted molar refractivity (Wildman–Crippen MR) is 77.7 cm³/mol. The highest BCUT2D eigenvalue weighted by Crippen LogP contribution is 2.27. The number of rotatable bonds is 7. The van der Waals surface area contributed by atoms with E-state index in [0.29, 0.717) is 13.1 Å². The number of nitrogens with one attached hydrogen (secondary N) is 1. The highest BCUT2D eigenvalue weighted by Gasteiger charge is 2.22. The maximum Gasteiger partial charge on any atom is 0.237 e. The highest BCUT2D eigenvalue weighted by atomic mass is 16.2. The van der Waals surface area contributed by atoms with Crippen molar-refractivity contribution in [2.75, 3.05) is 13.1 Å². The molecule has 0 bridgehead atoms. The van der Waals surface area contributed by atoms with Crippen LogP contribution in [0.15, 0.2) is 30.3 Å². The molecule has 3 heteroatoms. The summed E-state index contributed by atoms with van der Waals surface area (Å²) >= 11 is 0. The van der Waals surface area contributed by atoms with Gasteiger partial charge >= 0.3 is 0 Å². The summed E-state index contributed by atoms with van der Waals surface area (Å²) in [6, 6.07) is 10.4. The lowest BCUT2D eigenvalue weighted by atomic mass is 10.2. The number of nitrogens with zero attached hydrogens (tertiary/aromatic N) is 1. The quantitative estimate of drug-likeness (QED) is 0.816. The smallest absolute Gasteiger partial charge is 0.237 e. The minimum atomic E-state index is 0.194. The van der Waals surface area contributed by atoms with E-state index in [-0.39, 0.29) is 11.9 Å². The first-order valence-electron chi connectivity index (χ1n) is 7.21. The molecule has 1 amide bonds. The summed E-state index contributed by atoms with van der Waals surface area (Å²) in [7, 11) is 0. The van der Waals surface area contributed by atoms with Crippen LogP contribution in [-0.2, 0) is 11.3 Å². The fourth-order valence-electron chi connectivity index (χ4n) is 2.15. The fraction of sp³-hybridized carbons (Fsp3) is 0.562. The summed E-state index contributed by atoms with van der Waals surface area (Å²) in [5.41, 5.74) is 1.19. The Balaban J connectivity index is 1.85. The molecular weight excluding hydrogens is 236 g/mol. The molecule has 2 rings (SSSR count). The van der Waals surface area contributed by atoms with Gasteiger partial charge in [0, 0.05) is 12.6 Å². The van der Waals surface area contributed by atoms with Crippen LogP contribution in [0.1, 0.15) is 32.3 Å². The van der Waals surface area contributed by atoms with Gasteiger partial charge in [-0.05, 0) is 44.7 Å². The van der Waals surface area contributed by atoms with Crippen LogP contribution in [0.3, 0.4) is 0 Å². The molecule has 1 N–H and O–H groups in total. The Hall–Kier alpha value is -1.35. The van der Waals surface area contributed by atoms with Gasteiger partial charge in [-0.25, -0.2) is 0 Å². The highest BCUT2D eigenvalue weighted by molar-refractivity contribution is 5.78. The summed E-state index contributed by atoms with van der Waals surface area (Å²) in [5.74, 6) is 1.01. The first kappa shape index (κ1) is 14.1. The first-order valence-corrected chi connectivity index (χ1v) is 7.21. The Bertz CT molecular complexity index is 398. The number of benzene rings is 1. The van der Waals surface area contributed by atoms with Crippen molar-refractivity contribution >= 4 is 5.91 Å². The molecular formula is C16H24N2O. The predicted octanol–water partition coefficient (Wildman–Crippen LogP) is 2.42. The van der Waals surface area contributed by atoms with Crippen molar-refractivity contribution in [2.24, 2.45) is 5.92 Å². The molecule has 1 aliphatic carbocycles. The van der Waals surface area contributed by atoms with Crippen molar-refractivity contribution in [1.82, 2.24) is 10.2 Å². The van der Waals surface area contributed by atoms with Gasteiger partial charge in [-0.1, -0.05) is 30.3 Å². The minimum Gasteiger partial charge on any atom is -0.335 e. The number of carbonyl (C=O) groups is 1. The molecule has 0 radical (unpaired) electrons. The normalized spacial score (nSPS) is 14.7. The molecule has 3 nitrogen and oxygen atoms in total. The summed E-state index contributed by atoms with van der Waals surface area (Å²) in [6.45, 7) is 6.29. The molecule has 19 heavy (non-hydrogen) atoms. The molecule has 1 aromatic carbocycles. The van der Waals surface area contributed by atoms with E-state index in [9.17, 15) is 4.79 Å². The summed E-state index contributed by atoms with van der Waals surface area (Å²) in [6.07, 6.45) is 2.64. The molecule has 0 spiro atoms. The van der Waals surface area contributed by atoms with Crippen LogP contribution < -0.4 is 5.32 Å². The van der Waals surface area contributed by atoms with Crippen LogP contribution in [0.4, 0.5) is 0 Å². The van der Waals surface area contributed by atoms with Gasteiger partial charge in [0.05, 0.1) is 6.54 Å². The standard InChI is InChI=1S/C16H24N2O/c1-13(2)18(12-15-6-4-3-5-7-15)16(19)11-17-10-14-8-9-14/h3-7,13-14,17H,8-12H2,1-2H3. The van der Waals surface area contributed by atoms with Gasteiger partial charge in [0.1, 0.15) is 0 Å². The van der Waals surface area contributed by atoms with Crippen LogP contribution in [0.25, 0.3) is 0 Å². The number of amides is 1. The topological polar surface area (TPSA) is 32.3 Å². The molecule has 1 aromatic rings. The van der Waals surface area contributed by atoms with E-state index in [1.165, 1.54) is 18.4 Å². The Morgan fingerprint density at radius 3 is 2.58 bits per heavy atom. The van der Waals surface area contributed by atoms with Crippen LogP contribution >= 0.6 is 0 Å². The summed E-state index contributed by atoms with van der Waals surface area (Å²) in [5, 5.41) is 3.28. The Kier molecular flexibility index (Phi) is 4.97. The van der Waals surface area contributed by atoms with Gasteiger partial charge < -0.3 is 10.2 Å². The average Bonchev–Trinajstić information content (AvgIpc) is 3.21. The van der Waals surface area contributed by atoms with Crippen LogP contribution in [0, 0.1) is 5.92 Å². The molecule has 104 valence electrons. The van der Waals surface area contributed by atoms with Crippen molar-refractivity contribution in [2.45, 2.75) is 39.3 Å². The lowest BCUT2D eigenvalue weighted by Crippen LogP contribution is -2.42. The molecule has 0 aromatic heterocycles. The third-order valence-electron chi connectivity index (χ3n) is 3.55. The molecule has 0 atom stereocenters. The van der Waals surface area contributed by atoms with Crippen LogP contribution in [-0.4, -0.2) is 29.9 Å². The molecule has 0 heterocycles. The van der Waals surface area contributed by atoms with Gasteiger partial charge in [-0.3, -0.25) is 4.79 Å². The SMILES string of the molecule is CC(C)N(Cc1ccccc1)C(=O)CNCC1CC1. The van der Waals surface area contributed by atoms with Crippen LogP contribution in [0.2, 0.25) is 0 Å². The minimum absolute atomic E-state index is 0.194. The lowest BCUT2D eigenvalue weighted by molar-refractivity contribution is -0.132. The lowest BCUT2D eigenvalue weighted by Gasteiger charge is -2.27. The van der Waals surface area contributed by atoms with Crippen molar-refractivity contribution in [3.63, 3.8) is 0 Å². The van der Waals surface area contributed by atoms with E-state index in [1.54, 1.807) is 0 Å². The van der Waals surface area contributed by atoms with E-state index in [0.717, 1.165) is 12.5 Å². The Morgan fingerprint density at radius 2 is 2.00 bits per heavy atom. The second-order valence-electron chi connectivity index (χ2n) is 5.68. The van der Waals surface area contributed by atoms with Crippen molar-refractivity contribution in [3.05, 3.63) is 35.9 Å². The zero-order chi connectivity index (χ0) is 13.7. The van der Waals surface area contributed by atoms with Gasteiger partial charge in [-0.15, -0.1) is 0 Å². The number of hydrogen-bond donors (Lipinski definition) is 1. The Labute approximate surface area is 116 Å². The van der Waals surface area contributed by atoms with E-state index < -0.39 is 0 Å². The molecule has 1 saturated carbocycles. The maximum atomic E-state index is 12.3. The van der Waals surface area contributed by atoms with Crippen LogP contribution in [0.5, 0.6) is 0 Å². The number of hydrogen-bond acceptors (Lipinski definition) is 2. The molecule has 0 aliphatic heterocycles. The van der Waals surface area contributed by atoms with E-state index in [4.69, 9.17) is 0 Å². The second-order valence-corrected chi connectivity index (χ2v) is 5.68. The third-order valence-corrected chi connectivity index (χ3v) is 3.55. The summed E-state index contributed by atoms with van der Waals surface area (Å²) in [4.78, 5) is 14.2. The van der Waals surface area contributed by atoms with E-state index >= 15 is 0 Å². The third kappa shape index (κ3) is 4.67. The van der Waals surface area contributed by atoms with Gasteiger partial charge in [0.25, 0.3) is 0 Å². The molecule has 0 saturated heterocycles. The van der Waals surface area contributed by atoms with Gasteiger partial charge in [-0.2, -0.15) is 0 Å². The van der Waals surface area contributed by atoms with Crippen molar-refractivity contribution < 1.29 is 4.79 Å².